The van der Waals surface area contributed by atoms with Gasteiger partial charge in [0, 0.05) is 35.3 Å². The molecular weight excluding hydrogens is 675 g/mol. The molecule has 0 radical (unpaired) electrons. The SMILES string of the molecule is COC(=O)CCS(=O)(=O)c1cccc(N(CCO)CCc2ccc(OCc3c(-c4c(Cl)cccc4Cl)noc3C3CC3)cc2Cl)c1. The van der Waals surface area contributed by atoms with E-state index >= 15 is 0 Å². The van der Waals surface area contributed by atoms with Gasteiger partial charge in [-0.25, -0.2) is 8.42 Å². The van der Waals surface area contributed by atoms with Crippen LogP contribution in [-0.4, -0.2) is 57.2 Å². The van der Waals surface area contributed by atoms with Crippen LogP contribution in [0.15, 0.2) is 70.1 Å². The molecule has 244 valence electrons. The van der Waals surface area contributed by atoms with Crippen molar-refractivity contribution in [1.82, 2.24) is 5.16 Å². The van der Waals surface area contributed by atoms with Crippen molar-refractivity contribution < 1.29 is 32.3 Å². The molecule has 1 aliphatic rings. The number of methoxy groups -OCH3 is 1. The number of sulfone groups is 1. The first-order valence-electron chi connectivity index (χ1n) is 14.7. The fraction of sp³-hybridized carbons (Fsp3) is 0.333. The maximum atomic E-state index is 12.8. The van der Waals surface area contributed by atoms with Crippen LogP contribution >= 0.6 is 34.8 Å². The highest BCUT2D eigenvalue weighted by Gasteiger charge is 2.33. The Bertz CT molecular complexity index is 1790. The number of benzene rings is 3. The van der Waals surface area contributed by atoms with E-state index in [9.17, 15) is 18.3 Å². The van der Waals surface area contributed by atoms with Crippen molar-refractivity contribution in [2.24, 2.45) is 0 Å². The van der Waals surface area contributed by atoms with E-state index in [-0.39, 0.29) is 42.7 Å². The van der Waals surface area contributed by atoms with Gasteiger partial charge in [-0.15, -0.1) is 0 Å². The second kappa shape index (κ2) is 15.1. The molecule has 13 heteroatoms. The topological polar surface area (TPSA) is 119 Å². The molecule has 9 nitrogen and oxygen atoms in total. The number of hydrogen-bond donors (Lipinski definition) is 1. The van der Waals surface area contributed by atoms with Gasteiger partial charge in [0.1, 0.15) is 23.8 Å². The summed E-state index contributed by atoms with van der Waals surface area (Å²) in [5, 5.41) is 15.5. The highest BCUT2D eigenvalue weighted by atomic mass is 35.5. The first-order chi connectivity index (χ1) is 22.1. The van der Waals surface area contributed by atoms with Crippen LogP contribution in [0.1, 0.15) is 42.1 Å². The lowest BCUT2D eigenvalue weighted by molar-refractivity contribution is -0.140. The molecule has 0 aliphatic heterocycles. The van der Waals surface area contributed by atoms with Crippen LogP contribution in [0.3, 0.4) is 0 Å². The monoisotopic (exact) mass is 706 g/mol. The second-order valence-electron chi connectivity index (χ2n) is 10.9. The average Bonchev–Trinajstić information content (AvgIpc) is 3.81. The lowest BCUT2D eigenvalue weighted by atomic mass is 10.0. The summed E-state index contributed by atoms with van der Waals surface area (Å²) in [4.78, 5) is 13.5. The van der Waals surface area contributed by atoms with E-state index in [0.717, 1.165) is 29.7 Å². The van der Waals surface area contributed by atoms with E-state index in [4.69, 9.17) is 44.1 Å². The van der Waals surface area contributed by atoms with Crippen molar-refractivity contribution in [3.05, 3.63) is 92.6 Å². The van der Waals surface area contributed by atoms with Crippen LogP contribution in [0.4, 0.5) is 5.69 Å². The lowest BCUT2D eigenvalue weighted by Crippen LogP contribution is -2.29. The van der Waals surface area contributed by atoms with Crippen molar-refractivity contribution in [3.8, 4) is 17.0 Å². The third kappa shape index (κ3) is 8.16. The Kier molecular flexibility index (Phi) is 11.2. The third-order valence-corrected chi connectivity index (χ3v) is 10.4. The minimum absolute atomic E-state index is 0.0917. The van der Waals surface area contributed by atoms with Crippen LogP contribution < -0.4 is 9.64 Å². The summed E-state index contributed by atoms with van der Waals surface area (Å²) in [7, 11) is -2.50. The van der Waals surface area contributed by atoms with Crippen molar-refractivity contribution in [2.75, 3.05) is 37.5 Å². The van der Waals surface area contributed by atoms with E-state index in [1.54, 1.807) is 42.5 Å². The number of carbonyl (C=O) groups is 1. The third-order valence-electron chi connectivity index (χ3n) is 7.74. The zero-order valence-electron chi connectivity index (χ0n) is 25.0. The number of hydrogen-bond acceptors (Lipinski definition) is 9. The number of ether oxygens (including phenoxy) is 2. The molecule has 0 atom stereocenters. The number of carbonyl (C=O) groups excluding carboxylic acids is 1. The molecule has 3 aromatic carbocycles. The van der Waals surface area contributed by atoms with E-state index in [1.807, 2.05) is 17.0 Å². The predicted molar refractivity (Wildman–Crippen MR) is 178 cm³/mol. The number of esters is 1. The first-order valence-corrected chi connectivity index (χ1v) is 17.5. The highest BCUT2D eigenvalue weighted by Crippen LogP contribution is 2.46. The molecule has 5 rings (SSSR count). The smallest absolute Gasteiger partial charge is 0.306 e. The average molecular weight is 708 g/mol. The van der Waals surface area contributed by atoms with Gasteiger partial charge in [0.25, 0.3) is 0 Å². The number of aliphatic hydroxyl groups excluding tert-OH is 1. The van der Waals surface area contributed by atoms with Crippen molar-refractivity contribution in [1.29, 1.82) is 0 Å². The lowest BCUT2D eigenvalue weighted by Gasteiger charge is -2.25. The largest absolute Gasteiger partial charge is 0.489 e. The van der Waals surface area contributed by atoms with Crippen LogP contribution in [0.25, 0.3) is 11.3 Å². The summed E-state index contributed by atoms with van der Waals surface area (Å²) in [6, 6.07) is 17.2. The molecule has 1 N–H and O–H groups in total. The maximum absolute atomic E-state index is 12.8. The number of aliphatic hydroxyl groups is 1. The van der Waals surface area contributed by atoms with Crippen LogP contribution in [0.2, 0.25) is 15.1 Å². The van der Waals surface area contributed by atoms with Crippen molar-refractivity contribution in [2.45, 2.75) is 43.1 Å². The summed E-state index contributed by atoms with van der Waals surface area (Å²) in [6.45, 7) is 0.793. The summed E-state index contributed by atoms with van der Waals surface area (Å²) in [6.07, 6.45) is 2.31. The van der Waals surface area contributed by atoms with Gasteiger partial charge in [-0.2, -0.15) is 0 Å². The molecule has 4 aromatic rings. The zero-order chi connectivity index (χ0) is 32.8. The Morgan fingerprint density at radius 1 is 1.02 bits per heavy atom. The quantitative estimate of drug-likeness (QED) is 0.129. The fourth-order valence-electron chi connectivity index (χ4n) is 5.08. The van der Waals surface area contributed by atoms with E-state index < -0.39 is 15.8 Å². The van der Waals surface area contributed by atoms with Crippen LogP contribution in [0.5, 0.6) is 5.75 Å². The molecule has 1 fully saturated rings. The van der Waals surface area contributed by atoms with E-state index in [0.29, 0.717) is 50.7 Å². The Labute approximate surface area is 282 Å². The Morgan fingerprint density at radius 2 is 1.76 bits per heavy atom. The van der Waals surface area contributed by atoms with E-state index in [2.05, 4.69) is 9.89 Å². The normalized spacial score (nSPS) is 13.1. The van der Waals surface area contributed by atoms with Gasteiger partial charge in [-0.05, 0) is 67.3 Å². The van der Waals surface area contributed by atoms with E-state index in [1.165, 1.54) is 13.2 Å². The van der Waals surface area contributed by atoms with Crippen molar-refractivity contribution in [3.63, 3.8) is 0 Å². The Morgan fingerprint density at radius 3 is 2.43 bits per heavy atom. The van der Waals surface area contributed by atoms with Crippen LogP contribution in [-0.2, 0) is 32.4 Å². The maximum Gasteiger partial charge on any atom is 0.306 e. The zero-order valence-corrected chi connectivity index (χ0v) is 28.1. The number of rotatable bonds is 15. The van der Waals surface area contributed by atoms with Crippen molar-refractivity contribution >= 4 is 56.3 Å². The summed E-state index contributed by atoms with van der Waals surface area (Å²) >= 11 is 19.6. The van der Waals surface area contributed by atoms with Gasteiger partial charge in [0.2, 0.25) is 0 Å². The highest BCUT2D eigenvalue weighted by molar-refractivity contribution is 7.91. The Hall–Kier alpha value is -3.28. The minimum atomic E-state index is -3.71. The number of nitrogens with zero attached hydrogens (tertiary/aromatic N) is 2. The van der Waals surface area contributed by atoms with Crippen LogP contribution in [0, 0.1) is 0 Å². The molecule has 0 amide bonds. The van der Waals surface area contributed by atoms with Gasteiger partial charge in [0.05, 0.1) is 46.4 Å². The molecule has 0 unspecified atom stereocenters. The fourth-order valence-corrected chi connectivity index (χ4v) is 7.18. The van der Waals surface area contributed by atoms with Gasteiger partial charge in [-0.1, -0.05) is 58.2 Å². The molecule has 0 spiro atoms. The van der Waals surface area contributed by atoms with Gasteiger partial charge in [0.15, 0.2) is 9.84 Å². The minimum Gasteiger partial charge on any atom is -0.489 e. The van der Waals surface area contributed by atoms with Gasteiger partial charge < -0.3 is 24.0 Å². The molecule has 1 aliphatic carbocycles. The predicted octanol–water partition coefficient (Wildman–Crippen LogP) is 7.14. The number of aromatic nitrogens is 1. The number of halogens is 3. The molecule has 1 saturated carbocycles. The molecule has 46 heavy (non-hydrogen) atoms. The first kappa shape index (κ1) is 34.1. The molecule has 1 aromatic heterocycles. The standard InChI is InChI=1S/C33H33Cl3N2O7S/c1-43-30(40)13-17-46(41,42)25-5-2-4-23(18-25)38(15-16-39)14-12-21-10-11-24(19-29(21)36)44-20-26-32(37-45-33(26)22-8-9-22)31-27(34)6-3-7-28(31)35/h2-7,10-11,18-19,22,39H,8-9,12-17,20H2,1H3. The Balaban J connectivity index is 1.27. The summed E-state index contributed by atoms with van der Waals surface area (Å²) < 4.78 is 42.1. The second-order valence-corrected chi connectivity index (χ2v) is 14.2. The summed E-state index contributed by atoms with van der Waals surface area (Å²) in [5.74, 6) is 0.669. The number of anilines is 1. The molecule has 0 saturated heterocycles. The van der Waals surface area contributed by atoms with Gasteiger partial charge in [-0.3, -0.25) is 4.79 Å². The molecule has 1 heterocycles. The molecule has 0 bridgehead atoms. The summed E-state index contributed by atoms with van der Waals surface area (Å²) in [5.41, 5.74) is 3.44. The molecular formula is C33H33Cl3N2O7S. The van der Waals surface area contributed by atoms with Gasteiger partial charge >= 0.3 is 5.97 Å².